The van der Waals surface area contributed by atoms with E-state index in [1.54, 1.807) is 13.0 Å². The van der Waals surface area contributed by atoms with Crippen LogP contribution in [0, 0.1) is 6.92 Å². The van der Waals surface area contributed by atoms with E-state index in [4.69, 9.17) is 4.74 Å². The fourth-order valence-electron chi connectivity index (χ4n) is 3.52. The summed E-state index contributed by atoms with van der Waals surface area (Å²) in [7, 11) is -3.78. The molecule has 7 nitrogen and oxygen atoms in total. The van der Waals surface area contributed by atoms with Gasteiger partial charge in [-0.1, -0.05) is 30.3 Å². The first-order chi connectivity index (χ1) is 14.3. The molecule has 2 heterocycles. The summed E-state index contributed by atoms with van der Waals surface area (Å²) >= 11 is 0. The minimum atomic E-state index is -3.78. The molecule has 156 valence electrons. The molecule has 0 fully saturated rings. The van der Waals surface area contributed by atoms with Gasteiger partial charge in [-0.25, -0.2) is 18.4 Å². The van der Waals surface area contributed by atoms with Gasteiger partial charge in [-0.3, -0.25) is 4.79 Å². The van der Waals surface area contributed by atoms with Gasteiger partial charge in [0, 0.05) is 12.0 Å². The summed E-state index contributed by atoms with van der Waals surface area (Å²) in [6.07, 6.45) is 0.588. The van der Waals surface area contributed by atoms with Gasteiger partial charge in [0.1, 0.15) is 11.0 Å². The van der Waals surface area contributed by atoms with Crippen molar-refractivity contribution in [3.63, 3.8) is 0 Å². The summed E-state index contributed by atoms with van der Waals surface area (Å²) in [5.74, 6) is -0.148. The van der Waals surface area contributed by atoms with Crippen molar-refractivity contribution in [3.05, 3.63) is 65.5 Å². The molecule has 0 spiro atoms. The molecular formula is C22H23N3O4S. The zero-order chi connectivity index (χ0) is 21.3. The van der Waals surface area contributed by atoms with E-state index < -0.39 is 21.0 Å². The van der Waals surface area contributed by atoms with Gasteiger partial charge in [0.2, 0.25) is 5.91 Å². The van der Waals surface area contributed by atoms with Crippen molar-refractivity contribution >= 4 is 26.8 Å². The Bertz CT molecular complexity index is 1210. The van der Waals surface area contributed by atoms with Crippen LogP contribution in [0.1, 0.15) is 36.3 Å². The Morgan fingerprint density at radius 3 is 2.57 bits per heavy atom. The Morgan fingerprint density at radius 1 is 1.13 bits per heavy atom. The van der Waals surface area contributed by atoms with Crippen LogP contribution < -0.4 is 10.1 Å². The van der Waals surface area contributed by atoms with E-state index in [0.717, 1.165) is 5.56 Å². The summed E-state index contributed by atoms with van der Waals surface area (Å²) in [4.78, 5) is 21.7. The van der Waals surface area contributed by atoms with E-state index in [1.807, 2.05) is 42.5 Å². The lowest BCUT2D eigenvalue weighted by Gasteiger charge is -2.27. The number of carbonyl (C=O) groups is 1. The number of sulfone groups is 1. The molecule has 0 radical (unpaired) electrons. The predicted octanol–water partition coefficient (Wildman–Crippen LogP) is 2.88. The Balaban J connectivity index is 1.52. The molecule has 0 bridgehead atoms. The molecule has 1 amide bonds. The third-order valence-electron chi connectivity index (χ3n) is 5.36. The summed E-state index contributed by atoms with van der Waals surface area (Å²) in [5.41, 5.74) is 3.11. The fourth-order valence-corrected chi connectivity index (χ4v) is 4.82. The molecule has 1 aromatic heterocycles. The number of rotatable bonds is 5. The standard InChI is InChI=1S/C22H23N3O4S/c1-14-20(24-19-9-5-4-8-18(19)23-14)13-30(27,28)15(2)22(26)25-17-11-12-29-21-10-6-3-7-16(17)21/h3-10,15,17H,11-13H2,1-2H3,(H,25,26)/t15-,17+/m0/s1. The number of carbonyl (C=O) groups excluding carboxylic acids is 1. The molecule has 0 saturated heterocycles. The average Bonchev–Trinajstić information content (AvgIpc) is 2.74. The van der Waals surface area contributed by atoms with Crippen molar-refractivity contribution in [3.8, 4) is 5.75 Å². The highest BCUT2D eigenvalue weighted by Crippen LogP contribution is 2.31. The van der Waals surface area contributed by atoms with E-state index in [1.165, 1.54) is 6.92 Å². The highest BCUT2D eigenvalue weighted by molar-refractivity contribution is 7.92. The van der Waals surface area contributed by atoms with Crippen molar-refractivity contribution in [1.29, 1.82) is 0 Å². The summed E-state index contributed by atoms with van der Waals surface area (Å²) in [6, 6.07) is 14.5. The van der Waals surface area contributed by atoms with E-state index in [0.29, 0.717) is 41.2 Å². The molecule has 30 heavy (non-hydrogen) atoms. The van der Waals surface area contributed by atoms with Crippen molar-refractivity contribution in [2.45, 2.75) is 37.3 Å². The topological polar surface area (TPSA) is 98.3 Å². The van der Waals surface area contributed by atoms with Crippen molar-refractivity contribution in [2.24, 2.45) is 0 Å². The summed E-state index contributed by atoms with van der Waals surface area (Å²) in [5, 5.41) is 1.67. The van der Waals surface area contributed by atoms with Crippen LogP contribution in [0.2, 0.25) is 0 Å². The highest BCUT2D eigenvalue weighted by Gasteiger charge is 2.32. The van der Waals surface area contributed by atoms with Gasteiger partial charge in [-0.05, 0) is 32.0 Å². The minimum absolute atomic E-state index is 0.276. The van der Waals surface area contributed by atoms with Crippen LogP contribution in [0.15, 0.2) is 48.5 Å². The van der Waals surface area contributed by atoms with Gasteiger partial charge in [0.25, 0.3) is 0 Å². The van der Waals surface area contributed by atoms with Gasteiger partial charge in [-0.2, -0.15) is 0 Å². The molecule has 1 aliphatic heterocycles. The molecule has 2 atom stereocenters. The lowest BCUT2D eigenvalue weighted by Crippen LogP contribution is -2.41. The van der Waals surface area contributed by atoms with E-state index >= 15 is 0 Å². The number of para-hydroxylation sites is 3. The van der Waals surface area contributed by atoms with Crippen molar-refractivity contribution in [1.82, 2.24) is 15.3 Å². The van der Waals surface area contributed by atoms with Crippen LogP contribution >= 0.6 is 0 Å². The second-order valence-electron chi connectivity index (χ2n) is 7.43. The second kappa shape index (κ2) is 8.02. The maximum absolute atomic E-state index is 13.0. The summed E-state index contributed by atoms with van der Waals surface area (Å²) < 4.78 is 31.5. The number of benzene rings is 2. The summed E-state index contributed by atoms with van der Waals surface area (Å²) in [6.45, 7) is 3.61. The molecule has 1 aliphatic rings. The maximum atomic E-state index is 13.0. The quantitative estimate of drug-likeness (QED) is 0.675. The molecule has 4 rings (SSSR count). The normalized spacial score (nSPS) is 17.1. The minimum Gasteiger partial charge on any atom is -0.493 e. The van der Waals surface area contributed by atoms with E-state index in [9.17, 15) is 13.2 Å². The molecular weight excluding hydrogens is 402 g/mol. The number of nitrogens with one attached hydrogen (secondary N) is 1. The molecule has 3 aromatic rings. The monoisotopic (exact) mass is 425 g/mol. The van der Waals surface area contributed by atoms with Crippen LogP contribution in [-0.2, 0) is 20.4 Å². The van der Waals surface area contributed by atoms with Crippen molar-refractivity contribution < 1.29 is 17.9 Å². The van der Waals surface area contributed by atoms with Gasteiger partial charge in [-0.15, -0.1) is 0 Å². The highest BCUT2D eigenvalue weighted by atomic mass is 32.2. The van der Waals surface area contributed by atoms with Crippen LogP contribution in [0.25, 0.3) is 11.0 Å². The molecule has 0 unspecified atom stereocenters. The van der Waals surface area contributed by atoms with Crippen LogP contribution in [0.3, 0.4) is 0 Å². The number of fused-ring (bicyclic) bond motifs is 2. The van der Waals surface area contributed by atoms with Gasteiger partial charge >= 0.3 is 0 Å². The number of ether oxygens (including phenoxy) is 1. The first kappa shape index (κ1) is 20.3. The number of nitrogens with zero attached hydrogens (tertiary/aromatic N) is 2. The SMILES string of the molecule is Cc1nc2ccccc2nc1CS(=O)(=O)[C@@H](C)C(=O)N[C@@H]1CCOc2ccccc21. The van der Waals surface area contributed by atoms with Crippen LogP contribution in [0.5, 0.6) is 5.75 Å². The lowest BCUT2D eigenvalue weighted by molar-refractivity contribution is -0.121. The van der Waals surface area contributed by atoms with E-state index in [2.05, 4.69) is 15.3 Å². The number of aryl methyl sites for hydroxylation is 1. The maximum Gasteiger partial charge on any atom is 0.238 e. The third kappa shape index (κ3) is 4.00. The predicted molar refractivity (Wildman–Crippen MR) is 114 cm³/mol. The smallest absolute Gasteiger partial charge is 0.238 e. The average molecular weight is 426 g/mol. The van der Waals surface area contributed by atoms with Gasteiger partial charge < -0.3 is 10.1 Å². The van der Waals surface area contributed by atoms with Crippen LogP contribution in [-0.4, -0.2) is 36.1 Å². The first-order valence-corrected chi connectivity index (χ1v) is 11.5. The Labute approximate surface area is 175 Å². The molecule has 8 heteroatoms. The number of hydrogen-bond donors (Lipinski definition) is 1. The molecule has 1 N–H and O–H groups in total. The first-order valence-electron chi connectivity index (χ1n) is 9.81. The Morgan fingerprint density at radius 2 is 1.80 bits per heavy atom. The molecule has 0 saturated carbocycles. The largest absolute Gasteiger partial charge is 0.493 e. The Hall–Kier alpha value is -3.00. The molecule has 2 aromatic carbocycles. The third-order valence-corrected chi connectivity index (χ3v) is 7.33. The van der Waals surface area contributed by atoms with E-state index in [-0.39, 0.29) is 11.8 Å². The zero-order valence-corrected chi connectivity index (χ0v) is 17.6. The number of aromatic nitrogens is 2. The second-order valence-corrected chi connectivity index (χ2v) is 9.75. The molecule has 0 aliphatic carbocycles. The Kier molecular flexibility index (Phi) is 5.42. The van der Waals surface area contributed by atoms with Gasteiger partial charge in [0.15, 0.2) is 9.84 Å². The number of amides is 1. The number of hydrogen-bond acceptors (Lipinski definition) is 6. The van der Waals surface area contributed by atoms with Crippen molar-refractivity contribution in [2.75, 3.05) is 6.61 Å². The fraction of sp³-hybridized carbons (Fsp3) is 0.318. The van der Waals surface area contributed by atoms with Gasteiger partial charge in [0.05, 0.1) is 40.8 Å². The zero-order valence-electron chi connectivity index (χ0n) is 16.8. The lowest BCUT2D eigenvalue weighted by atomic mass is 10.0. The van der Waals surface area contributed by atoms with Crippen LogP contribution in [0.4, 0.5) is 0 Å².